The van der Waals surface area contributed by atoms with E-state index in [4.69, 9.17) is 5.73 Å². The van der Waals surface area contributed by atoms with Gasteiger partial charge in [-0.3, -0.25) is 0 Å². The van der Waals surface area contributed by atoms with E-state index in [-0.39, 0.29) is 0 Å². The van der Waals surface area contributed by atoms with E-state index in [1.54, 1.807) is 0 Å². The summed E-state index contributed by atoms with van der Waals surface area (Å²) in [6.45, 7) is 9.46. The lowest BCUT2D eigenvalue weighted by molar-refractivity contribution is 0.355. The molecule has 2 unspecified atom stereocenters. The predicted molar refractivity (Wildman–Crippen MR) is 72.0 cm³/mol. The number of aromatic nitrogens is 1. The molecule has 1 fully saturated rings. The topological polar surface area (TPSA) is 42.1 Å². The normalized spacial score (nSPS) is 25.1. The Bertz CT molecular complexity index is 379. The molecule has 0 radical (unpaired) electrons. The third-order valence-electron chi connectivity index (χ3n) is 3.48. The Morgan fingerprint density at radius 1 is 1.29 bits per heavy atom. The SMILES string of the molecule is Cc1ccc(CN)c(N2CC(C)CC(C)C2)n1. The molecule has 0 aliphatic carbocycles. The van der Waals surface area contributed by atoms with Gasteiger partial charge in [-0.2, -0.15) is 0 Å². The minimum Gasteiger partial charge on any atom is -0.356 e. The number of pyridine rings is 1. The van der Waals surface area contributed by atoms with Gasteiger partial charge in [0.2, 0.25) is 0 Å². The van der Waals surface area contributed by atoms with E-state index in [1.165, 1.54) is 6.42 Å². The molecular formula is C14H23N3. The molecule has 0 spiro atoms. The summed E-state index contributed by atoms with van der Waals surface area (Å²) >= 11 is 0. The van der Waals surface area contributed by atoms with E-state index in [1.807, 2.05) is 13.0 Å². The van der Waals surface area contributed by atoms with Gasteiger partial charge < -0.3 is 10.6 Å². The maximum Gasteiger partial charge on any atom is 0.133 e. The third-order valence-corrected chi connectivity index (χ3v) is 3.48. The van der Waals surface area contributed by atoms with E-state index in [0.717, 1.165) is 42.0 Å². The van der Waals surface area contributed by atoms with Crippen LogP contribution in [0, 0.1) is 18.8 Å². The summed E-state index contributed by atoms with van der Waals surface area (Å²) in [6, 6.07) is 4.16. The van der Waals surface area contributed by atoms with Gasteiger partial charge in [-0.15, -0.1) is 0 Å². The van der Waals surface area contributed by atoms with Crippen molar-refractivity contribution in [3.63, 3.8) is 0 Å². The molecule has 1 aliphatic rings. The van der Waals surface area contributed by atoms with E-state index in [2.05, 4.69) is 29.8 Å². The molecule has 1 saturated heterocycles. The molecule has 0 aromatic carbocycles. The van der Waals surface area contributed by atoms with Gasteiger partial charge in [0, 0.05) is 30.9 Å². The number of anilines is 1. The summed E-state index contributed by atoms with van der Waals surface area (Å²) in [5, 5.41) is 0. The van der Waals surface area contributed by atoms with E-state index >= 15 is 0 Å². The summed E-state index contributed by atoms with van der Waals surface area (Å²) in [6.07, 6.45) is 1.32. The van der Waals surface area contributed by atoms with Gasteiger partial charge in [-0.1, -0.05) is 19.9 Å². The molecule has 2 N–H and O–H groups in total. The van der Waals surface area contributed by atoms with Gasteiger partial charge in [-0.05, 0) is 31.2 Å². The number of nitrogens with two attached hydrogens (primary N) is 1. The second-order valence-electron chi connectivity index (χ2n) is 5.49. The van der Waals surface area contributed by atoms with Crippen molar-refractivity contribution >= 4 is 5.82 Å². The highest BCUT2D eigenvalue weighted by atomic mass is 15.2. The molecule has 17 heavy (non-hydrogen) atoms. The molecule has 1 aromatic rings. The Morgan fingerprint density at radius 2 is 1.94 bits per heavy atom. The van der Waals surface area contributed by atoms with E-state index in [0.29, 0.717) is 6.54 Å². The van der Waals surface area contributed by atoms with Crippen molar-refractivity contribution < 1.29 is 0 Å². The molecular weight excluding hydrogens is 210 g/mol. The van der Waals surface area contributed by atoms with Crippen LogP contribution in [0.1, 0.15) is 31.5 Å². The van der Waals surface area contributed by atoms with Gasteiger partial charge in [0.15, 0.2) is 0 Å². The van der Waals surface area contributed by atoms with Crippen molar-refractivity contribution in [1.82, 2.24) is 4.98 Å². The number of hydrogen-bond donors (Lipinski definition) is 1. The van der Waals surface area contributed by atoms with Crippen LogP contribution in [0.3, 0.4) is 0 Å². The quantitative estimate of drug-likeness (QED) is 0.852. The predicted octanol–water partition coefficient (Wildman–Crippen LogP) is 2.33. The second kappa shape index (κ2) is 5.05. The van der Waals surface area contributed by atoms with Crippen molar-refractivity contribution in [2.24, 2.45) is 17.6 Å². The second-order valence-corrected chi connectivity index (χ2v) is 5.49. The van der Waals surface area contributed by atoms with Crippen LogP contribution < -0.4 is 10.6 Å². The highest BCUT2D eigenvalue weighted by Crippen LogP contribution is 2.27. The van der Waals surface area contributed by atoms with Crippen LogP contribution in [0.2, 0.25) is 0 Å². The summed E-state index contributed by atoms with van der Waals surface area (Å²) in [7, 11) is 0. The maximum absolute atomic E-state index is 5.81. The number of nitrogens with zero attached hydrogens (tertiary/aromatic N) is 2. The largest absolute Gasteiger partial charge is 0.356 e. The van der Waals surface area contributed by atoms with Crippen molar-refractivity contribution in [2.75, 3.05) is 18.0 Å². The van der Waals surface area contributed by atoms with Crippen LogP contribution in [-0.2, 0) is 6.54 Å². The average Bonchev–Trinajstić information content (AvgIpc) is 2.27. The number of hydrogen-bond acceptors (Lipinski definition) is 3. The van der Waals surface area contributed by atoms with Gasteiger partial charge in [-0.25, -0.2) is 4.98 Å². The molecule has 1 aromatic heterocycles. The van der Waals surface area contributed by atoms with Crippen LogP contribution in [0.15, 0.2) is 12.1 Å². The molecule has 3 heteroatoms. The highest BCUT2D eigenvalue weighted by molar-refractivity contribution is 5.48. The lowest BCUT2D eigenvalue weighted by Crippen LogP contribution is -2.40. The highest BCUT2D eigenvalue weighted by Gasteiger charge is 2.24. The number of piperidine rings is 1. The van der Waals surface area contributed by atoms with E-state index < -0.39 is 0 Å². The monoisotopic (exact) mass is 233 g/mol. The van der Waals surface area contributed by atoms with Gasteiger partial charge in [0.05, 0.1) is 0 Å². The van der Waals surface area contributed by atoms with Crippen LogP contribution in [0.25, 0.3) is 0 Å². The fraction of sp³-hybridized carbons (Fsp3) is 0.643. The number of rotatable bonds is 2. The van der Waals surface area contributed by atoms with Crippen molar-refractivity contribution in [1.29, 1.82) is 0 Å². The van der Waals surface area contributed by atoms with E-state index in [9.17, 15) is 0 Å². The van der Waals surface area contributed by atoms with Gasteiger partial charge in [0.25, 0.3) is 0 Å². The summed E-state index contributed by atoms with van der Waals surface area (Å²) in [5.41, 5.74) is 8.05. The zero-order chi connectivity index (χ0) is 12.4. The Labute approximate surface area is 104 Å². The zero-order valence-corrected chi connectivity index (χ0v) is 11.1. The standard InChI is InChI=1S/C14H23N3/c1-10-6-11(2)9-17(8-10)14-13(7-15)5-4-12(3)16-14/h4-5,10-11H,6-9,15H2,1-3H3. The van der Waals surface area contributed by atoms with Crippen LogP contribution in [0.4, 0.5) is 5.82 Å². The Hall–Kier alpha value is -1.09. The molecule has 2 rings (SSSR count). The first-order chi connectivity index (χ1) is 8.10. The minimum absolute atomic E-state index is 0.571. The Balaban J connectivity index is 2.28. The van der Waals surface area contributed by atoms with Gasteiger partial charge in [0.1, 0.15) is 5.82 Å². The lowest BCUT2D eigenvalue weighted by atomic mass is 9.91. The Kier molecular flexibility index (Phi) is 3.67. The van der Waals surface area contributed by atoms with Crippen molar-refractivity contribution in [2.45, 2.75) is 33.7 Å². The molecule has 2 atom stereocenters. The average molecular weight is 233 g/mol. The maximum atomic E-state index is 5.81. The first kappa shape index (κ1) is 12.4. The third kappa shape index (κ3) is 2.78. The molecule has 0 bridgehead atoms. The molecule has 2 heterocycles. The van der Waals surface area contributed by atoms with Crippen molar-refractivity contribution in [3.8, 4) is 0 Å². The van der Waals surface area contributed by atoms with Crippen LogP contribution >= 0.6 is 0 Å². The van der Waals surface area contributed by atoms with Gasteiger partial charge >= 0.3 is 0 Å². The molecule has 0 amide bonds. The molecule has 0 saturated carbocycles. The van der Waals surface area contributed by atoms with Crippen molar-refractivity contribution in [3.05, 3.63) is 23.4 Å². The first-order valence-corrected chi connectivity index (χ1v) is 6.51. The minimum atomic E-state index is 0.571. The molecule has 94 valence electrons. The summed E-state index contributed by atoms with van der Waals surface area (Å²) in [4.78, 5) is 7.09. The fourth-order valence-corrected chi connectivity index (χ4v) is 2.84. The summed E-state index contributed by atoms with van der Waals surface area (Å²) < 4.78 is 0. The van der Waals surface area contributed by atoms with Crippen LogP contribution in [0.5, 0.6) is 0 Å². The smallest absolute Gasteiger partial charge is 0.133 e. The first-order valence-electron chi connectivity index (χ1n) is 6.51. The summed E-state index contributed by atoms with van der Waals surface area (Å²) in [5.74, 6) is 2.59. The Morgan fingerprint density at radius 3 is 2.53 bits per heavy atom. The fourth-order valence-electron chi connectivity index (χ4n) is 2.84. The number of aryl methyl sites for hydroxylation is 1. The zero-order valence-electron chi connectivity index (χ0n) is 11.1. The van der Waals surface area contributed by atoms with Crippen LogP contribution in [-0.4, -0.2) is 18.1 Å². The molecule has 1 aliphatic heterocycles. The lowest BCUT2D eigenvalue weighted by Gasteiger charge is -2.36. The molecule has 3 nitrogen and oxygen atoms in total.